The number of carboxylic acids is 1. The van der Waals surface area contributed by atoms with Crippen LogP contribution >= 0.6 is 11.8 Å². The second kappa shape index (κ2) is 5.19. The fourth-order valence-electron chi connectivity index (χ4n) is 1.11. The average Bonchev–Trinajstić information content (AvgIpc) is 2.18. The summed E-state index contributed by atoms with van der Waals surface area (Å²) in [5.41, 5.74) is 7.76. The van der Waals surface area contributed by atoms with Crippen LogP contribution in [-0.4, -0.2) is 22.9 Å². The topological polar surface area (TPSA) is 63.3 Å². The predicted octanol–water partition coefficient (Wildman–Crippen LogP) is 1.81. The smallest absolute Gasteiger partial charge is 0.321 e. The normalized spacial score (nSPS) is 12.5. The number of aliphatic carboxylic acids is 1. The average molecular weight is 225 g/mol. The van der Waals surface area contributed by atoms with Crippen molar-refractivity contribution in [3.8, 4) is 0 Å². The van der Waals surface area contributed by atoms with E-state index in [0.717, 1.165) is 10.5 Å². The number of carboxylic acid groups (broad SMARTS) is 1. The largest absolute Gasteiger partial charge is 0.480 e. The van der Waals surface area contributed by atoms with Crippen LogP contribution in [0.15, 0.2) is 23.1 Å². The number of aryl methyl sites for hydroxylation is 2. The Morgan fingerprint density at radius 3 is 2.80 bits per heavy atom. The van der Waals surface area contributed by atoms with Crippen LogP contribution in [-0.2, 0) is 4.79 Å². The van der Waals surface area contributed by atoms with E-state index in [2.05, 4.69) is 6.07 Å². The van der Waals surface area contributed by atoms with Crippen molar-refractivity contribution in [3.05, 3.63) is 29.3 Å². The molecule has 1 unspecified atom stereocenters. The van der Waals surface area contributed by atoms with Gasteiger partial charge < -0.3 is 10.8 Å². The van der Waals surface area contributed by atoms with Gasteiger partial charge >= 0.3 is 5.97 Å². The van der Waals surface area contributed by atoms with Crippen LogP contribution < -0.4 is 5.73 Å². The van der Waals surface area contributed by atoms with Crippen LogP contribution in [0.25, 0.3) is 0 Å². The molecule has 0 radical (unpaired) electrons. The number of nitrogens with two attached hydrogens (primary N) is 1. The molecule has 0 heterocycles. The van der Waals surface area contributed by atoms with Crippen molar-refractivity contribution >= 4 is 17.7 Å². The van der Waals surface area contributed by atoms with E-state index in [0.29, 0.717) is 5.75 Å². The number of hydrogen-bond donors (Lipinski definition) is 2. The molecule has 0 saturated heterocycles. The van der Waals surface area contributed by atoms with Gasteiger partial charge in [-0.15, -0.1) is 11.8 Å². The summed E-state index contributed by atoms with van der Waals surface area (Å²) in [6.45, 7) is 4.02. The molecule has 0 aliphatic rings. The van der Waals surface area contributed by atoms with E-state index in [1.165, 1.54) is 17.3 Å². The fraction of sp³-hybridized carbons (Fsp3) is 0.364. The maximum absolute atomic E-state index is 10.5. The van der Waals surface area contributed by atoms with Crippen molar-refractivity contribution < 1.29 is 9.90 Å². The number of rotatable bonds is 4. The molecule has 1 atom stereocenters. The molecule has 1 rings (SSSR count). The second-order valence-corrected chi connectivity index (χ2v) is 4.59. The first-order chi connectivity index (χ1) is 7.00. The molecule has 0 fully saturated rings. The number of carbonyl (C=O) groups is 1. The molecule has 82 valence electrons. The maximum atomic E-state index is 10.5. The van der Waals surface area contributed by atoms with Gasteiger partial charge in [0.25, 0.3) is 0 Å². The van der Waals surface area contributed by atoms with Crippen molar-refractivity contribution in [3.63, 3.8) is 0 Å². The minimum Gasteiger partial charge on any atom is -0.480 e. The van der Waals surface area contributed by atoms with E-state index in [1.807, 2.05) is 26.0 Å². The van der Waals surface area contributed by atoms with Gasteiger partial charge in [0.15, 0.2) is 0 Å². The summed E-state index contributed by atoms with van der Waals surface area (Å²) in [6, 6.07) is 5.32. The highest BCUT2D eigenvalue weighted by Crippen LogP contribution is 2.23. The highest BCUT2D eigenvalue weighted by atomic mass is 32.2. The summed E-state index contributed by atoms with van der Waals surface area (Å²) < 4.78 is 0. The third-order valence-electron chi connectivity index (χ3n) is 2.08. The standard InChI is InChI=1S/C11H15NO2S/c1-7-3-4-8(2)10(5-7)15-6-9(12)11(13)14/h3-5,9H,6,12H2,1-2H3,(H,13,14). The zero-order chi connectivity index (χ0) is 11.4. The second-order valence-electron chi connectivity index (χ2n) is 3.52. The Morgan fingerprint density at radius 1 is 1.53 bits per heavy atom. The molecule has 0 bridgehead atoms. The van der Waals surface area contributed by atoms with Crippen LogP contribution in [0, 0.1) is 13.8 Å². The van der Waals surface area contributed by atoms with E-state index in [9.17, 15) is 4.79 Å². The minimum absolute atomic E-state index is 0.402. The highest BCUT2D eigenvalue weighted by Gasteiger charge is 2.12. The first-order valence-electron chi connectivity index (χ1n) is 4.69. The lowest BCUT2D eigenvalue weighted by Gasteiger charge is -2.09. The Hall–Kier alpha value is -1.00. The van der Waals surface area contributed by atoms with Gasteiger partial charge in [-0.2, -0.15) is 0 Å². The minimum atomic E-state index is -0.951. The van der Waals surface area contributed by atoms with Crippen LogP contribution in [0.5, 0.6) is 0 Å². The third kappa shape index (κ3) is 3.57. The zero-order valence-electron chi connectivity index (χ0n) is 8.86. The molecular formula is C11H15NO2S. The van der Waals surface area contributed by atoms with Crippen LogP contribution in [0.4, 0.5) is 0 Å². The van der Waals surface area contributed by atoms with Crippen molar-refractivity contribution in [1.82, 2.24) is 0 Å². The van der Waals surface area contributed by atoms with Gasteiger partial charge in [-0.05, 0) is 25.5 Å². The summed E-state index contributed by atoms with van der Waals surface area (Å²) >= 11 is 1.49. The molecule has 0 amide bonds. The zero-order valence-corrected chi connectivity index (χ0v) is 9.67. The molecule has 0 aliphatic carbocycles. The molecule has 0 spiro atoms. The molecule has 1 aromatic carbocycles. The van der Waals surface area contributed by atoms with Crippen molar-refractivity contribution in [2.45, 2.75) is 24.8 Å². The number of hydrogen-bond acceptors (Lipinski definition) is 3. The first-order valence-corrected chi connectivity index (χ1v) is 5.67. The molecule has 4 heteroatoms. The van der Waals surface area contributed by atoms with Crippen LogP contribution in [0.3, 0.4) is 0 Å². The molecule has 3 N–H and O–H groups in total. The fourth-order valence-corrected chi connectivity index (χ4v) is 2.18. The number of benzene rings is 1. The number of thioether (sulfide) groups is 1. The predicted molar refractivity (Wildman–Crippen MR) is 62.3 cm³/mol. The van der Waals surface area contributed by atoms with E-state index < -0.39 is 12.0 Å². The molecule has 3 nitrogen and oxygen atoms in total. The van der Waals surface area contributed by atoms with Crippen LogP contribution in [0.2, 0.25) is 0 Å². The lowest BCUT2D eigenvalue weighted by molar-refractivity contribution is -0.137. The summed E-state index contributed by atoms with van der Waals surface area (Å²) in [5.74, 6) is -0.549. The molecular weight excluding hydrogens is 210 g/mol. The van der Waals surface area contributed by atoms with Crippen molar-refractivity contribution in [2.75, 3.05) is 5.75 Å². The van der Waals surface area contributed by atoms with Gasteiger partial charge in [-0.1, -0.05) is 17.7 Å². The Morgan fingerprint density at radius 2 is 2.20 bits per heavy atom. The van der Waals surface area contributed by atoms with Gasteiger partial charge in [0, 0.05) is 10.6 Å². The maximum Gasteiger partial charge on any atom is 0.321 e. The van der Waals surface area contributed by atoms with Crippen molar-refractivity contribution in [1.29, 1.82) is 0 Å². The van der Waals surface area contributed by atoms with E-state index in [4.69, 9.17) is 10.8 Å². The lowest BCUT2D eigenvalue weighted by atomic mass is 10.2. The Kier molecular flexibility index (Phi) is 4.17. The Bertz CT molecular complexity index is 366. The van der Waals surface area contributed by atoms with Crippen molar-refractivity contribution in [2.24, 2.45) is 5.73 Å². The molecule has 0 aliphatic heterocycles. The van der Waals surface area contributed by atoms with E-state index in [1.54, 1.807) is 0 Å². The SMILES string of the molecule is Cc1ccc(C)c(SCC(N)C(=O)O)c1. The van der Waals surface area contributed by atoms with E-state index in [-0.39, 0.29) is 0 Å². The van der Waals surface area contributed by atoms with Gasteiger partial charge in [0.05, 0.1) is 0 Å². The molecule has 15 heavy (non-hydrogen) atoms. The Labute approximate surface area is 93.7 Å². The van der Waals surface area contributed by atoms with E-state index >= 15 is 0 Å². The van der Waals surface area contributed by atoms with Gasteiger partial charge in [-0.25, -0.2) is 0 Å². The molecule has 0 saturated carbocycles. The summed E-state index contributed by atoms with van der Waals surface area (Å²) in [7, 11) is 0. The summed E-state index contributed by atoms with van der Waals surface area (Å²) in [5, 5.41) is 8.65. The van der Waals surface area contributed by atoms with Gasteiger partial charge in [-0.3, -0.25) is 4.79 Å². The Balaban J connectivity index is 2.65. The lowest BCUT2D eigenvalue weighted by Crippen LogP contribution is -2.32. The first kappa shape index (κ1) is 12.1. The van der Waals surface area contributed by atoms with Gasteiger partial charge in [0.1, 0.15) is 6.04 Å². The third-order valence-corrected chi connectivity index (χ3v) is 3.36. The summed E-state index contributed by atoms with van der Waals surface area (Å²) in [4.78, 5) is 11.6. The quantitative estimate of drug-likeness (QED) is 0.767. The highest BCUT2D eigenvalue weighted by molar-refractivity contribution is 7.99. The monoisotopic (exact) mass is 225 g/mol. The van der Waals surface area contributed by atoms with Crippen LogP contribution in [0.1, 0.15) is 11.1 Å². The summed E-state index contributed by atoms with van der Waals surface area (Å²) in [6.07, 6.45) is 0. The molecule has 1 aromatic rings. The molecule has 0 aromatic heterocycles. The van der Waals surface area contributed by atoms with Gasteiger partial charge in [0.2, 0.25) is 0 Å².